The van der Waals surface area contributed by atoms with Crippen LogP contribution >= 0.6 is 11.3 Å². The molecule has 0 aliphatic heterocycles. The quantitative estimate of drug-likeness (QED) is 0.841. The zero-order valence-electron chi connectivity index (χ0n) is 10.5. The van der Waals surface area contributed by atoms with Crippen LogP contribution in [0.4, 0.5) is 5.69 Å². The number of nitrogens with two attached hydrogens (primary N) is 1. The molecular weight excluding hydrogens is 260 g/mol. The average molecular weight is 274 g/mol. The summed E-state index contributed by atoms with van der Waals surface area (Å²) in [7, 11) is 0. The van der Waals surface area contributed by atoms with E-state index in [1.54, 1.807) is 24.3 Å². The fraction of sp³-hybridized carbons (Fsp3) is 0.143. The van der Waals surface area contributed by atoms with Crippen LogP contribution < -0.4 is 11.1 Å². The minimum absolute atomic E-state index is 0.0402. The van der Waals surface area contributed by atoms with Crippen molar-refractivity contribution in [2.24, 2.45) is 5.73 Å². The van der Waals surface area contributed by atoms with E-state index in [1.165, 1.54) is 11.3 Å². The molecule has 0 fully saturated rings. The fourth-order valence-electron chi connectivity index (χ4n) is 1.68. The zero-order valence-corrected chi connectivity index (χ0v) is 11.3. The lowest BCUT2D eigenvalue weighted by Crippen LogP contribution is -2.15. The molecule has 1 aromatic heterocycles. The van der Waals surface area contributed by atoms with Crippen molar-refractivity contribution in [3.05, 3.63) is 51.7 Å². The largest absolute Gasteiger partial charge is 0.324 e. The lowest BCUT2D eigenvalue weighted by atomic mass is 10.1. The number of amides is 1. The van der Waals surface area contributed by atoms with Gasteiger partial charge in [0.15, 0.2) is 5.78 Å². The van der Waals surface area contributed by atoms with Gasteiger partial charge in [0.25, 0.3) is 5.91 Å². The van der Waals surface area contributed by atoms with Crippen LogP contribution in [0.25, 0.3) is 0 Å². The van der Waals surface area contributed by atoms with Crippen molar-refractivity contribution in [1.29, 1.82) is 0 Å². The third kappa shape index (κ3) is 3.07. The van der Waals surface area contributed by atoms with Crippen LogP contribution in [-0.2, 0) is 0 Å². The first-order chi connectivity index (χ1) is 9.11. The Balaban J connectivity index is 2.18. The van der Waals surface area contributed by atoms with Crippen LogP contribution in [0.15, 0.2) is 35.7 Å². The maximum absolute atomic E-state index is 12.0. The van der Waals surface area contributed by atoms with E-state index in [0.717, 1.165) is 5.56 Å². The molecular formula is C14H14N2O2S. The Labute approximate surface area is 115 Å². The van der Waals surface area contributed by atoms with Gasteiger partial charge in [0.05, 0.1) is 11.4 Å². The average Bonchev–Trinajstić information content (AvgIpc) is 2.84. The number of anilines is 1. The van der Waals surface area contributed by atoms with E-state index in [1.807, 2.05) is 18.4 Å². The van der Waals surface area contributed by atoms with Crippen LogP contribution in [0.2, 0.25) is 0 Å². The lowest BCUT2D eigenvalue weighted by Gasteiger charge is -2.06. The molecule has 19 heavy (non-hydrogen) atoms. The Morgan fingerprint density at radius 2 is 2.11 bits per heavy atom. The number of hydrogen-bond acceptors (Lipinski definition) is 4. The van der Waals surface area contributed by atoms with Crippen LogP contribution in [0.5, 0.6) is 0 Å². The van der Waals surface area contributed by atoms with Crippen molar-refractivity contribution in [1.82, 2.24) is 0 Å². The van der Waals surface area contributed by atoms with E-state index in [-0.39, 0.29) is 18.2 Å². The van der Waals surface area contributed by atoms with Crippen LogP contribution in [-0.4, -0.2) is 18.2 Å². The Morgan fingerprint density at radius 1 is 1.32 bits per heavy atom. The van der Waals surface area contributed by atoms with Gasteiger partial charge in [-0.25, -0.2) is 0 Å². The lowest BCUT2D eigenvalue weighted by molar-refractivity contribution is 0.0997. The molecule has 0 aliphatic carbocycles. The van der Waals surface area contributed by atoms with Gasteiger partial charge >= 0.3 is 0 Å². The molecule has 0 saturated heterocycles. The minimum atomic E-state index is -0.162. The maximum Gasteiger partial charge on any atom is 0.265 e. The summed E-state index contributed by atoms with van der Waals surface area (Å²) in [5, 5.41) is 4.66. The van der Waals surface area contributed by atoms with Crippen molar-refractivity contribution < 1.29 is 9.59 Å². The van der Waals surface area contributed by atoms with Gasteiger partial charge in [-0.15, -0.1) is 11.3 Å². The summed E-state index contributed by atoms with van der Waals surface area (Å²) in [6, 6.07) is 8.68. The van der Waals surface area contributed by atoms with Crippen LogP contribution in [0.3, 0.4) is 0 Å². The highest BCUT2D eigenvalue weighted by atomic mass is 32.1. The number of ketones is 1. The SMILES string of the molecule is Cc1ccsc1C(=O)Nc1cccc(C(=O)CN)c1. The molecule has 2 rings (SSSR count). The zero-order chi connectivity index (χ0) is 13.8. The number of aryl methyl sites for hydroxylation is 1. The molecule has 0 bridgehead atoms. The van der Waals surface area contributed by atoms with Crippen molar-refractivity contribution >= 4 is 28.7 Å². The summed E-state index contributed by atoms with van der Waals surface area (Å²) in [5.41, 5.74) is 7.36. The standard InChI is InChI=1S/C14H14N2O2S/c1-9-5-6-19-13(9)14(18)16-11-4-2-3-10(7-11)12(17)8-15/h2-7H,8,15H2,1H3,(H,16,18). The van der Waals surface area contributed by atoms with Gasteiger partial charge in [-0.3, -0.25) is 9.59 Å². The van der Waals surface area contributed by atoms with Crippen LogP contribution in [0, 0.1) is 6.92 Å². The highest BCUT2D eigenvalue weighted by Crippen LogP contribution is 2.18. The number of hydrogen-bond donors (Lipinski definition) is 2. The number of carbonyl (C=O) groups is 2. The Hall–Kier alpha value is -1.98. The smallest absolute Gasteiger partial charge is 0.265 e. The van der Waals surface area contributed by atoms with E-state index in [9.17, 15) is 9.59 Å². The molecule has 1 aromatic carbocycles. The number of Topliss-reactive ketones (excluding diaryl/α,β-unsaturated/α-hetero) is 1. The highest BCUT2D eigenvalue weighted by Gasteiger charge is 2.11. The first-order valence-corrected chi connectivity index (χ1v) is 6.68. The summed E-state index contributed by atoms with van der Waals surface area (Å²) in [6.07, 6.45) is 0. The monoisotopic (exact) mass is 274 g/mol. The second-order valence-corrected chi connectivity index (χ2v) is 5.01. The fourth-order valence-corrected chi connectivity index (χ4v) is 2.50. The molecule has 0 unspecified atom stereocenters. The third-order valence-corrected chi connectivity index (χ3v) is 3.71. The summed E-state index contributed by atoms with van der Waals surface area (Å²) in [6.45, 7) is 1.85. The number of thiophene rings is 1. The van der Waals surface area contributed by atoms with Gasteiger partial charge in [0, 0.05) is 11.3 Å². The van der Waals surface area contributed by atoms with Gasteiger partial charge in [0.1, 0.15) is 0 Å². The Bertz CT molecular complexity index is 619. The van der Waals surface area contributed by atoms with E-state index in [2.05, 4.69) is 5.32 Å². The molecule has 0 radical (unpaired) electrons. The van der Waals surface area contributed by atoms with E-state index >= 15 is 0 Å². The number of rotatable bonds is 4. The van der Waals surface area contributed by atoms with Gasteiger partial charge in [-0.1, -0.05) is 12.1 Å². The highest BCUT2D eigenvalue weighted by molar-refractivity contribution is 7.12. The van der Waals surface area contributed by atoms with Crippen molar-refractivity contribution in [3.8, 4) is 0 Å². The topological polar surface area (TPSA) is 72.2 Å². The van der Waals surface area contributed by atoms with E-state index < -0.39 is 0 Å². The molecule has 1 amide bonds. The number of carbonyl (C=O) groups excluding carboxylic acids is 2. The molecule has 2 aromatic rings. The van der Waals surface area contributed by atoms with Crippen LogP contribution in [0.1, 0.15) is 25.6 Å². The summed E-state index contributed by atoms with van der Waals surface area (Å²) in [5.74, 6) is -0.312. The van der Waals surface area contributed by atoms with E-state index in [4.69, 9.17) is 5.73 Å². The minimum Gasteiger partial charge on any atom is -0.324 e. The predicted octanol–water partition coefficient (Wildman–Crippen LogP) is 2.45. The molecule has 0 aliphatic rings. The molecule has 98 valence electrons. The Morgan fingerprint density at radius 3 is 2.74 bits per heavy atom. The molecule has 5 heteroatoms. The first kappa shape index (κ1) is 13.5. The molecule has 0 atom stereocenters. The van der Waals surface area contributed by atoms with Gasteiger partial charge in [-0.2, -0.15) is 0 Å². The second-order valence-electron chi connectivity index (χ2n) is 4.09. The van der Waals surface area contributed by atoms with Crippen molar-refractivity contribution in [3.63, 3.8) is 0 Å². The van der Waals surface area contributed by atoms with Crippen molar-refractivity contribution in [2.75, 3.05) is 11.9 Å². The normalized spacial score (nSPS) is 10.2. The first-order valence-electron chi connectivity index (χ1n) is 5.80. The molecule has 0 spiro atoms. The summed E-state index contributed by atoms with van der Waals surface area (Å²) >= 11 is 1.39. The Kier molecular flexibility index (Phi) is 4.09. The van der Waals surface area contributed by atoms with Crippen molar-refractivity contribution in [2.45, 2.75) is 6.92 Å². The molecule has 3 N–H and O–H groups in total. The maximum atomic E-state index is 12.0. The molecule has 1 heterocycles. The van der Waals surface area contributed by atoms with E-state index in [0.29, 0.717) is 16.1 Å². The summed E-state index contributed by atoms with van der Waals surface area (Å²) in [4.78, 5) is 24.2. The molecule has 0 saturated carbocycles. The number of nitrogens with one attached hydrogen (secondary N) is 1. The van der Waals surface area contributed by atoms with Gasteiger partial charge in [0.2, 0.25) is 0 Å². The predicted molar refractivity (Wildman–Crippen MR) is 76.8 cm³/mol. The number of benzene rings is 1. The second kappa shape index (κ2) is 5.77. The molecule has 4 nitrogen and oxygen atoms in total. The third-order valence-electron chi connectivity index (χ3n) is 2.70. The van der Waals surface area contributed by atoms with Gasteiger partial charge < -0.3 is 11.1 Å². The summed E-state index contributed by atoms with van der Waals surface area (Å²) < 4.78 is 0. The van der Waals surface area contributed by atoms with Gasteiger partial charge in [-0.05, 0) is 36.1 Å².